The third-order valence-corrected chi connectivity index (χ3v) is 6.69. The molecule has 5 rings (SSSR count). The van der Waals surface area contributed by atoms with Crippen LogP contribution in [0.25, 0.3) is 22.3 Å². The number of nitrogens with zero attached hydrogens (tertiary/aromatic N) is 4. The molecule has 0 saturated carbocycles. The lowest BCUT2D eigenvalue weighted by Crippen LogP contribution is -2.34. The highest BCUT2D eigenvalue weighted by molar-refractivity contribution is 7.13. The minimum absolute atomic E-state index is 0.0491. The molecule has 1 aromatic carbocycles. The molecule has 0 atom stereocenters. The summed E-state index contributed by atoms with van der Waals surface area (Å²) in [6.07, 6.45) is 2.19. The third-order valence-electron chi connectivity index (χ3n) is 5.68. The first-order chi connectivity index (χ1) is 17.0. The fourth-order valence-electron chi connectivity index (χ4n) is 3.84. The second-order valence-corrected chi connectivity index (χ2v) is 8.92. The minimum atomic E-state index is -0.112. The molecule has 3 aromatic rings. The number of ether oxygens (including phenoxy) is 2. The molecule has 0 spiro atoms. The number of benzene rings is 1. The van der Waals surface area contributed by atoms with E-state index in [0.29, 0.717) is 30.1 Å². The number of hydrogen-bond acceptors (Lipinski definition) is 10. The van der Waals surface area contributed by atoms with Gasteiger partial charge in [0.05, 0.1) is 16.5 Å². The smallest absolute Gasteiger partial charge is 0.289 e. The van der Waals surface area contributed by atoms with Crippen LogP contribution in [-0.2, 0) is 9.47 Å². The summed E-state index contributed by atoms with van der Waals surface area (Å²) in [6, 6.07) is 8.99. The molecular formula is C24H22N6O4S. The Labute approximate surface area is 205 Å². The lowest BCUT2D eigenvalue weighted by molar-refractivity contribution is 0.0766. The first kappa shape index (κ1) is 22.6. The Morgan fingerprint density at radius 1 is 1.23 bits per heavy atom. The number of carbonyl (C=O) groups is 1. The molecule has 1 amide bonds. The second-order valence-electron chi connectivity index (χ2n) is 8.01. The predicted octanol–water partition coefficient (Wildman–Crippen LogP) is 3.04. The van der Waals surface area contributed by atoms with E-state index in [2.05, 4.69) is 21.6 Å². The first-order valence-electron chi connectivity index (χ1n) is 11.0. The number of aryl methyl sites for hydroxylation is 1. The highest BCUT2D eigenvalue weighted by Crippen LogP contribution is 2.34. The van der Waals surface area contributed by atoms with Crippen molar-refractivity contribution >= 4 is 28.8 Å². The van der Waals surface area contributed by atoms with Gasteiger partial charge in [0.15, 0.2) is 5.76 Å². The second kappa shape index (κ2) is 9.61. The van der Waals surface area contributed by atoms with Crippen molar-refractivity contribution in [1.29, 1.82) is 5.26 Å². The van der Waals surface area contributed by atoms with Gasteiger partial charge in [0.25, 0.3) is 23.4 Å². The SMILES string of the molecule is Cc1ccsc1-c1nnc(C2=C(N)OC=C(c3ccc(C(=O)N4CCCNCC4)cc3C#N)O2)o1. The largest absolute Gasteiger partial charge is 0.442 e. The van der Waals surface area contributed by atoms with Gasteiger partial charge in [-0.25, -0.2) is 0 Å². The molecule has 10 nitrogen and oxygen atoms in total. The van der Waals surface area contributed by atoms with Crippen LogP contribution in [-0.4, -0.2) is 47.2 Å². The van der Waals surface area contributed by atoms with Gasteiger partial charge in [-0.2, -0.15) is 5.26 Å². The van der Waals surface area contributed by atoms with Crippen molar-refractivity contribution in [2.24, 2.45) is 5.73 Å². The van der Waals surface area contributed by atoms with Gasteiger partial charge < -0.3 is 29.8 Å². The van der Waals surface area contributed by atoms with Gasteiger partial charge in [-0.3, -0.25) is 4.79 Å². The van der Waals surface area contributed by atoms with Crippen LogP contribution in [0.2, 0.25) is 0 Å². The van der Waals surface area contributed by atoms with Gasteiger partial charge in [-0.15, -0.1) is 21.5 Å². The van der Waals surface area contributed by atoms with Crippen LogP contribution in [0.15, 0.2) is 46.2 Å². The number of hydrogen-bond donors (Lipinski definition) is 2. The maximum Gasteiger partial charge on any atom is 0.289 e. The molecule has 178 valence electrons. The van der Waals surface area contributed by atoms with E-state index < -0.39 is 0 Å². The molecule has 0 aliphatic carbocycles. The fraction of sp³-hybridized carbons (Fsp3) is 0.250. The molecule has 2 aliphatic heterocycles. The van der Waals surface area contributed by atoms with Gasteiger partial charge in [0.2, 0.25) is 5.88 Å². The number of nitrogens with one attached hydrogen (secondary N) is 1. The summed E-state index contributed by atoms with van der Waals surface area (Å²) in [6.45, 7) is 4.86. The molecule has 1 saturated heterocycles. The van der Waals surface area contributed by atoms with Crippen molar-refractivity contribution in [1.82, 2.24) is 20.4 Å². The van der Waals surface area contributed by atoms with Crippen LogP contribution in [0.5, 0.6) is 0 Å². The number of thiophene rings is 1. The molecule has 3 N–H and O–H groups in total. The van der Waals surface area contributed by atoms with E-state index in [1.54, 1.807) is 23.1 Å². The summed E-state index contributed by atoms with van der Waals surface area (Å²) >= 11 is 1.48. The zero-order valence-electron chi connectivity index (χ0n) is 18.9. The van der Waals surface area contributed by atoms with E-state index in [4.69, 9.17) is 19.6 Å². The Morgan fingerprint density at radius 3 is 2.89 bits per heavy atom. The molecular weight excluding hydrogens is 468 g/mol. The predicted molar refractivity (Wildman–Crippen MR) is 128 cm³/mol. The van der Waals surface area contributed by atoms with Gasteiger partial charge in [0.1, 0.15) is 6.26 Å². The van der Waals surface area contributed by atoms with Crippen molar-refractivity contribution in [3.63, 3.8) is 0 Å². The van der Waals surface area contributed by atoms with Crippen LogP contribution in [0, 0.1) is 18.3 Å². The summed E-state index contributed by atoms with van der Waals surface area (Å²) < 4.78 is 17.2. The lowest BCUT2D eigenvalue weighted by Gasteiger charge is -2.21. The Balaban J connectivity index is 1.39. The van der Waals surface area contributed by atoms with E-state index in [1.165, 1.54) is 17.6 Å². The van der Waals surface area contributed by atoms with Crippen molar-refractivity contribution < 1.29 is 18.7 Å². The molecule has 0 unspecified atom stereocenters. The molecule has 0 radical (unpaired) electrons. The number of nitrogens with two attached hydrogens (primary N) is 1. The van der Waals surface area contributed by atoms with Gasteiger partial charge in [-0.05, 0) is 55.1 Å². The Kier molecular flexibility index (Phi) is 6.22. The Hall–Kier alpha value is -4.14. The topological polar surface area (TPSA) is 140 Å². The van der Waals surface area contributed by atoms with Crippen LogP contribution < -0.4 is 11.1 Å². The molecule has 35 heavy (non-hydrogen) atoms. The van der Waals surface area contributed by atoms with E-state index in [0.717, 1.165) is 30.0 Å². The van der Waals surface area contributed by atoms with Crippen molar-refractivity contribution in [3.8, 4) is 16.8 Å². The monoisotopic (exact) mass is 490 g/mol. The zero-order valence-corrected chi connectivity index (χ0v) is 19.7. The van der Waals surface area contributed by atoms with Gasteiger partial charge in [0, 0.05) is 30.8 Å². The first-order valence-corrected chi connectivity index (χ1v) is 11.9. The zero-order chi connectivity index (χ0) is 24.4. The maximum atomic E-state index is 13.0. The molecule has 0 bridgehead atoms. The van der Waals surface area contributed by atoms with Crippen LogP contribution >= 0.6 is 11.3 Å². The average Bonchev–Trinajstić information content (AvgIpc) is 3.44. The highest BCUT2D eigenvalue weighted by atomic mass is 32.1. The fourth-order valence-corrected chi connectivity index (χ4v) is 4.68. The summed E-state index contributed by atoms with van der Waals surface area (Å²) in [5.41, 5.74) is 8.14. The van der Waals surface area contributed by atoms with Gasteiger partial charge in [-0.1, -0.05) is 0 Å². The Morgan fingerprint density at radius 2 is 2.09 bits per heavy atom. The van der Waals surface area contributed by atoms with Crippen LogP contribution in [0.3, 0.4) is 0 Å². The van der Waals surface area contributed by atoms with E-state index in [9.17, 15) is 10.1 Å². The summed E-state index contributed by atoms with van der Waals surface area (Å²) in [5, 5.41) is 23.2. The van der Waals surface area contributed by atoms with Crippen molar-refractivity contribution in [2.75, 3.05) is 26.2 Å². The van der Waals surface area contributed by atoms with Crippen molar-refractivity contribution in [3.05, 3.63) is 69.9 Å². The summed E-state index contributed by atoms with van der Waals surface area (Å²) in [4.78, 5) is 15.6. The Bertz CT molecular complexity index is 1370. The number of rotatable bonds is 4. The molecule has 2 aromatic heterocycles. The molecule has 11 heteroatoms. The molecule has 1 fully saturated rings. The molecule has 2 aliphatic rings. The van der Waals surface area contributed by atoms with E-state index in [-0.39, 0.29) is 34.8 Å². The third kappa shape index (κ3) is 4.49. The summed E-state index contributed by atoms with van der Waals surface area (Å²) in [7, 11) is 0. The number of amides is 1. The number of aromatic nitrogens is 2. The normalized spacial score (nSPS) is 16.1. The van der Waals surface area contributed by atoms with Crippen LogP contribution in [0.4, 0.5) is 0 Å². The van der Waals surface area contributed by atoms with Crippen LogP contribution in [0.1, 0.15) is 39.4 Å². The average molecular weight is 491 g/mol. The number of carbonyl (C=O) groups excluding carboxylic acids is 1. The van der Waals surface area contributed by atoms with Gasteiger partial charge >= 0.3 is 0 Å². The molecule has 4 heterocycles. The highest BCUT2D eigenvalue weighted by Gasteiger charge is 2.27. The maximum absolute atomic E-state index is 13.0. The van der Waals surface area contributed by atoms with Crippen molar-refractivity contribution in [2.45, 2.75) is 13.3 Å². The number of nitriles is 1. The van der Waals surface area contributed by atoms with E-state index >= 15 is 0 Å². The summed E-state index contributed by atoms with van der Waals surface area (Å²) in [5.74, 6) is 0.519. The van der Waals surface area contributed by atoms with E-state index in [1.807, 2.05) is 18.4 Å². The quantitative estimate of drug-likeness (QED) is 0.565. The standard InChI is InChI=1S/C24H22N6O4S/c1-14-5-10-35-20(14)23-29-28-22(34-23)19-21(26)32-13-18(33-19)17-4-3-15(11-16(17)12-25)24(31)30-8-2-6-27-7-9-30/h3-5,10-11,13,27H,2,6-9,26H2,1H3. The minimum Gasteiger partial charge on any atom is -0.442 e. The lowest BCUT2D eigenvalue weighted by atomic mass is 10.0.